The van der Waals surface area contributed by atoms with Crippen molar-refractivity contribution in [3.05, 3.63) is 64.7 Å². The Morgan fingerprint density at radius 3 is 2.85 bits per heavy atom. The molecule has 1 unspecified atom stereocenters. The summed E-state index contributed by atoms with van der Waals surface area (Å²) in [5.41, 5.74) is 2.62. The number of nitrogens with one attached hydrogen (secondary N) is 1. The van der Waals surface area contributed by atoms with Gasteiger partial charge in [0.15, 0.2) is 11.5 Å². The standard InChI is InChI=1S/C21H18ClNO3/c1-2-26-19-9-14(16(22)11-18(19)24)15-10-20(25)23-17-8-7-12-5-3-4-6-13(12)21(15)17/h3-9,11,15,24H,2,10H2,1H3,(H,23,25). The Hall–Kier alpha value is -2.72. The van der Waals surface area contributed by atoms with E-state index in [1.54, 1.807) is 6.07 Å². The van der Waals surface area contributed by atoms with Crippen LogP contribution in [-0.4, -0.2) is 17.6 Å². The quantitative estimate of drug-likeness (QED) is 0.679. The summed E-state index contributed by atoms with van der Waals surface area (Å²) in [7, 11) is 0. The van der Waals surface area contributed by atoms with Crippen LogP contribution in [0.25, 0.3) is 10.8 Å². The molecule has 0 bridgehead atoms. The van der Waals surface area contributed by atoms with Gasteiger partial charge in [0.25, 0.3) is 0 Å². The minimum atomic E-state index is -0.211. The van der Waals surface area contributed by atoms with E-state index in [2.05, 4.69) is 11.4 Å². The Kier molecular flexibility index (Phi) is 4.21. The minimum absolute atomic E-state index is 0.000922. The second-order valence-corrected chi connectivity index (χ2v) is 6.73. The van der Waals surface area contributed by atoms with Crippen molar-refractivity contribution in [1.29, 1.82) is 0 Å². The van der Waals surface area contributed by atoms with Crippen LogP contribution in [0.4, 0.5) is 5.69 Å². The number of aromatic hydroxyl groups is 1. The molecule has 0 saturated heterocycles. The Morgan fingerprint density at radius 2 is 2.04 bits per heavy atom. The van der Waals surface area contributed by atoms with E-state index in [1.165, 1.54) is 6.07 Å². The Morgan fingerprint density at radius 1 is 1.23 bits per heavy atom. The van der Waals surface area contributed by atoms with Gasteiger partial charge >= 0.3 is 0 Å². The molecule has 4 rings (SSSR count). The molecule has 0 saturated carbocycles. The highest BCUT2D eigenvalue weighted by atomic mass is 35.5. The summed E-state index contributed by atoms with van der Waals surface area (Å²) in [5, 5.41) is 15.6. The number of rotatable bonds is 3. The zero-order valence-electron chi connectivity index (χ0n) is 14.3. The number of halogens is 1. The first kappa shape index (κ1) is 16.7. The summed E-state index contributed by atoms with van der Waals surface area (Å²) in [4.78, 5) is 12.3. The number of phenolic OH excluding ortho intramolecular Hbond substituents is 1. The monoisotopic (exact) mass is 367 g/mol. The first-order valence-electron chi connectivity index (χ1n) is 8.55. The fraction of sp³-hybridized carbons (Fsp3) is 0.190. The molecular weight excluding hydrogens is 350 g/mol. The average molecular weight is 368 g/mol. The molecule has 1 aliphatic rings. The first-order chi connectivity index (χ1) is 12.6. The van der Waals surface area contributed by atoms with Gasteiger partial charge in [0.1, 0.15) is 0 Å². The van der Waals surface area contributed by atoms with Gasteiger partial charge in [0, 0.05) is 29.1 Å². The van der Waals surface area contributed by atoms with Crippen molar-refractivity contribution in [3.63, 3.8) is 0 Å². The Labute approximate surface area is 156 Å². The molecule has 5 heteroatoms. The lowest BCUT2D eigenvalue weighted by Crippen LogP contribution is -2.24. The lowest BCUT2D eigenvalue weighted by atomic mass is 9.82. The van der Waals surface area contributed by atoms with Gasteiger partial charge in [0.2, 0.25) is 5.91 Å². The molecule has 0 spiro atoms. The molecule has 0 aromatic heterocycles. The fourth-order valence-electron chi connectivity index (χ4n) is 3.63. The summed E-state index contributed by atoms with van der Waals surface area (Å²) in [6, 6.07) is 15.2. The molecule has 1 atom stereocenters. The third-order valence-electron chi connectivity index (χ3n) is 4.74. The normalized spacial score (nSPS) is 16.2. The smallest absolute Gasteiger partial charge is 0.225 e. The number of carbonyl (C=O) groups excluding carboxylic acids is 1. The van der Waals surface area contributed by atoms with Gasteiger partial charge in [0.05, 0.1) is 6.61 Å². The zero-order valence-corrected chi connectivity index (χ0v) is 15.0. The van der Waals surface area contributed by atoms with Crippen LogP contribution in [0.15, 0.2) is 48.5 Å². The fourth-order valence-corrected chi connectivity index (χ4v) is 3.92. The van der Waals surface area contributed by atoms with Gasteiger partial charge in [-0.3, -0.25) is 4.79 Å². The van der Waals surface area contributed by atoms with Crippen LogP contribution in [-0.2, 0) is 4.79 Å². The van der Waals surface area contributed by atoms with E-state index in [9.17, 15) is 9.90 Å². The third kappa shape index (κ3) is 2.76. The highest BCUT2D eigenvalue weighted by Gasteiger charge is 2.30. The molecule has 26 heavy (non-hydrogen) atoms. The number of phenols is 1. The second-order valence-electron chi connectivity index (χ2n) is 6.33. The van der Waals surface area contributed by atoms with Gasteiger partial charge in [-0.1, -0.05) is 41.9 Å². The van der Waals surface area contributed by atoms with Crippen LogP contribution >= 0.6 is 11.6 Å². The van der Waals surface area contributed by atoms with Crippen molar-refractivity contribution >= 4 is 34.0 Å². The van der Waals surface area contributed by atoms with Gasteiger partial charge in [-0.2, -0.15) is 0 Å². The maximum atomic E-state index is 12.3. The summed E-state index contributed by atoms with van der Waals surface area (Å²) in [5.74, 6) is 0.107. The molecule has 4 nitrogen and oxygen atoms in total. The predicted molar refractivity (Wildman–Crippen MR) is 103 cm³/mol. The summed E-state index contributed by atoms with van der Waals surface area (Å²) >= 11 is 6.45. The van der Waals surface area contributed by atoms with E-state index in [1.807, 2.05) is 37.3 Å². The lowest BCUT2D eigenvalue weighted by Gasteiger charge is -2.28. The number of fused-ring (bicyclic) bond motifs is 3. The van der Waals surface area contributed by atoms with E-state index in [0.29, 0.717) is 17.4 Å². The van der Waals surface area contributed by atoms with Gasteiger partial charge in [-0.05, 0) is 41.0 Å². The Balaban J connectivity index is 1.95. The lowest BCUT2D eigenvalue weighted by molar-refractivity contribution is -0.116. The molecule has 1 amide bonds. The van der Waals surface area contributed by atoms with Gasteiger partial charge < -0.3 is 15.2 Å². The van der Waals surface area contributed by atoms with Crippen molar-refractivity contribution in [2.45, 2.75) is 19.3 Å². The predicted octanol–water partition coefficient (Wildman–Crippen LogP) is 5.07. The van der Waals surface area contributed by atoms with Crippen molar-refractivity contribution in [3.8, 4) is 11.5 Å². The van der Waals surface area contributed by atoms with Crippen molar-refractivity contribution in [2.24, 2.45) is 0 Å². The molecule has 1 heterocycles. The number of hydrogen-bond donors (Lipinski definition) is 2. The van der Waals surface area contributed by atoms with Crippen molar-refractivity contribution in [2.75, 3.05) is 11.9 Å². The molecule has 3 aromatic rings. The average Bonchev–Trinajstić information content (AvgIpc) is 2.63. The van der Waals surface area contributed by atoms with E-state index >= 15 is 0 Å². The second kappa shape index (κ2) is 6.54. The van der Waals surface area contributed by atoms with Crippen molar-refractivity contribution < 1.29 is 14.6 Å². The number of hydrogen-bond acceptors (Lipinski definition) is 3. The highest BCUT2D eigenvalue weighted by molar-refractivity contribution is 6.31. The van der Waals surface area contributed by atoms with Gasteiger partial charge in [-0.25, -0.2) is 0 Å². The van der Waals surface area contributed by atoms with Crippen LogP contribution in [0.2, 0.25) is 5.02 Å². The summed E-state index contributed by atoms with van der Waals surface area (Å²) in [6.07, 6.45) is 0.289. The van der Waals surface area contributed by atoms with Crippen LogP contribution < -0.4 is 10.1 Å². The molecule has 3 aromatic carbocycles. The van der Waals surface area contributed by atoms with E-state index < -0.39 is 0 Å². The SMILES string of the molecule is CCOc1cc(C2CC(=O)Nc3ccc4ccccc4c32)c(Cl)cc1O. The van der Waals surface area contributed by atoms with E-state index in [-0.39, 0.29) is 24.0 Å². The topological polar surface area (TPSA) is 58.6 Å². The Bertz CT molecular complexity index is 1020. The molecule has 2 N–H and O–H groups in total. The first-order valence-corrected chi connectivity index (χ1v) is 8.93. The maximum absolute atomic E-state index is 12.3. The molecule has 0 aliphatic carbocycles. The largest absolute Gasteiger partial charge is 0.504 e. The molecule has 132 valence electrons. The number of ether oxygens (including phenoxy) is 1. The molecule has 1 aliphatic heterocycles. The number of carbonyl (C=O) groups is 1. The third-order valence-corrected chi connectivity index (χ3v) is 5.06. The number of anilines is 1. The summed E-state index contributed by atoms with van der Waals surface area (Å²) < 4.78 is 5.52. The zero-order chi connectivity index (χ0) is 18.3. The van der Waals surface area contributed by atoms with Crippen LogP contribution in [0.1, 0.15) is 30.4 Å². The van der Waals surface area contributed by atoms with Crippen LogP contribution in [0.5, 0.6) is 11.5 Å². The van der Waals surface area contributed by atoms with Crippen LogP contribution in [0.3, 0.4) is 0 Å². The number of amides is 1. The molecule has 0 fully saturated rings. The minimum Gasteiger partial charge on any atom is -0.504 e. The van der Waals surface area contributed by atoms with Crippen molar-refractivity contribution in [1.82, 2.24) is 0 Å². The van der Waals surface area contributed by atoms with Gasteiger partial charge in [-0.15, -0.1) is 0 Å². The van der Waals surface area contributed by atoms with E-state index in [4.69, 9.17) is 16.3 Å². The molecular formula is C21H18ClNO3. The van der Waals surface area contributed by atoms with E-state index in [0.717, 1.165) is 27.6 Å². The molecule has 0 radical (unpaired) electrons. The highest BCUT2D eigenvalue weighted by Crippen LogP contribution is 2.45. The maximum Gasteiger partial charge on any atom is 0.225 e. The summed E-state index contributed by atoms with van der Waals surface area (Å²) in [6.45, 7) is 2.28. The number of benzene rings is 3. The van der Waals surface area contributed by atoms with Crippen LogP contribution in [0, 0.1) is 0 Å².